The Bertz CT molecular complexity index is 246. The van der Waals surface area contributed by atoms with Crippen molar-refractivity contribution in [1.29, 1.82) is 0 Å². The van der Waals surface area contributed by atoms with Crippen LogP contribution in [0.4, 0.5) is 0 Å². The van der Waals surface area contributed by atoms with Crippen LogP contribution in [-0.2, 0) is 4.84 Å². The van der Waals surface area contributed by atoms with Crippen molar-refractivity contribution in [1.82, 2.24) is 0 Å². The van der Waals surface area contributed by atoms with Gasteiger partial charge in [0.15, 0.2) is 0 Å². The van der Waals surface area contributed by atoms with Crippen LogP contribution in [0.2, 0.25) is 0 Å². The molecule has 0 fully saturated rings. The summed E-state index contributed by atoms with van der Waals surface area (Å²) in [6.45, 7) is 6.66. The molecule has 0 amide bonds. The number of hydrogen-bond acceptors (Lipinski definition) is 1. The predicted octanol–water partition coefficient (Wildman–Crippen LogP) is 4.28. The van der Waals surface area contributed by atoms with Gasteiger partial charge in [-0.15, -0.1) is 0 Å². The number of halogens is 1. The van der Waals surface area contributed by atoms with Gasteiger partial charge in [-0.3, -0.25) is 0 Å². The Morgan fingerprint density at radius 2 is 0.880 bits per heavy atom. The van der Waals surface area contributed by atoms with Crippen molar-refractivity contribution in [3.8, 4) is 0 Å². The zero-order chi connectivity index (χ0) is 17.9. The highest BCUT2D eigenvalue weighted by molar-refractivity contribution is 4.46. The van der Waals surface area contributed by atoms with E-state index in [1.54, 1.807) is 0 Å². The zero-order valence-corrected chi connectivity index (χ0v) is 18.7. The summed E-state index contributed by atoms with van der Waals surface area (Å²) in [4.78, 5) is 6.07. The minimum atomic E-state index is 0. The summed E-state index contributed by atoms with van der Waals surface area (Å²) < 4.78 is 0.742. The van der Waals surface area contributed by atoms with Gasteiger partial charge in [-0.25, -0.2) is 4.84 Å². The lowest BCUT2D eigenvalue weighted by Crippen LogP contribution is -3.00. The smallest absolute Gasteiger partial charge is 0.108 e. The first kappa shape index (κ1) is 27.4. The Hall–Kier alpha value is 0.210. The fourth-order valence-electron chi connectivity index (χ4n) is 3.24. The maximum Gasteiger partial charge on any atom is 0.108 e. The zero-order valence-electron chi connectivity index (χ0n) is 18.0. The largest absolute Gasteiger partial charge is 1.00 e. The van der Waals surface area contributed by atoms with Crippen molar-refractivity contribution in [3.05, 3.63) is 0 Å². The van der Waals surface area contributed by atoms with Crippen LogP contribution >= 0.6 is 0 Å². The minimum Gasteiger partial charge on any atom is -1.00 e. The molecule has 25 heavy (non-hydrogen) atoms. The molecule has 0 heterocycles. The lowest BCUT2D eigenvalue weighted by Gasteiger charge is -2.27. The number of nitrogens with zero attached hydrogens (tertiary/aromatic N) is 1. The van der Waals surface area contributed by atoms with Crippen LogP contribution in [-0.4, -0.2) is 31.9 Å². The monoisotopic (exact) mass is 377 g/mol. The number of unbranched alkanes of at least 4 members (excludes halogenated alkanes) is 14. The molecule has 0 aliphatic rings. The second kappa shape index (κ2) is 20.5. The number of hydroxylamine groups is 3. The lowest BCUT2D eigenvalue weighted by molar-refractivity contribution is -1.08. The first-order valence-corrected chi connectivity index (χ1v) is 11.1. The van der Waals surface area contributed by atoms with E-state index in [-0.39, 0.29) is 12.4 Å². The van der Waals surface area contributed by atoms with Crippen molar-refractivity contribution in [2.24, 2.45) is 0 Å². The fourth-order valence-corrected chi connectivity index (χ4v) is 3.24. The predicted molar refractivity (Wildman–Crippen MR) is 108 cm³/mol. The van der Waals surface area contributed by atoms with Crippen molar-refractivity contribution in [2.45, 2.75) is 117 Å². The first-order chi connectivity index (χ1) is 11.6. The lowest BCUT2D eigenvalue weighted by atomic mass is 10.1. The van der Waals surface area contributed by atoms with Gasteiger partial charge in [-0.2, -0.15) is 4.65 Å². The molecular formula is C22H48ClNO. The molecule has 0 spiro atoms. The number of quaternary nitrogens is 1. The molecule has 0 saturated carbocycles. The Labute approximate surface area is 166 Å². The second-order valence-corrected chi connectivity index (χ2v) is 8.08. The van der Waals surface area contributed by atoms with Gasteiger partial charge >= 0.3 is 0 Å². The summed E-state index contributed by atoms with van der Waals surface area (Å²) in [5.41, 5.74) is 0. The fraction of sp³-hybridized carbons (Fsp3) is 1.00. The van der Waals surface area contributed by atoms with Crippen LogP contribution < -0.4 is 12.4 Å². The van der Waals surface area contributed by atoms with Gasteiger partial charge in [0.2, 0.25) is 0 Å². The van der Waals surface area contributed by atoms with Crippen LogP contribution in [0.25, 0.3) is 0 Å². The van der Waals surface area contributed by atoms with Crippen molar-refractivity contribution < 1.29 is 21.9 Å². The van der Waals surface area contributed by atoms with Crippen molar-refractivity contribution in [3.63, 3.8) is 0 Å². The third kappa shape index (κ3) is 22.2. The van der Waals surface area contributed by atoms with Gasteiger partial charge < -0.3 is 12.4 Å². The maximum absolute atomic E-state index is 6.07. The molecular weight excluding hydrogens is 330 g/mol. The van der Waals surface area contributed by atoms with Crippen LogP contribution in [0.15, 0.2) is 0 Å². The average molecular weight is 378 g/mol. The van der Waals surface area contributed by atoms with Gasteiger partial charge in [-0.1, -0.05) is 97.3 Å². The Balaban J connectivity index is 0. The van der Waals surface area contributed by atoms with Gasteiger partial charge in [0.25, 0.3) is 0 Å². The summed E-state index contributed by atoms with van der Waals surface area (Å²) in [7, 11) is 4.43. The molecule has 0 radical (unpaired) electrons. The van der Waals surface area contributed by atoms with Crippen LogP contribution in [0.5, 0.6) is 0 Å². The van der Waals surface area contributed by atoms with E-state index in [4.69, 9.17) is 4.84 Å². The quantitative estimate of drug-likeness (QED) is 0.185. The maximum atomic E-state index is 6.07. The van der Waals surface area contributed by atoms with E-state index in [1.807, 2.05) is 0 Å². The molecule has 2 nitrogen and oxygen atoms in total. The standard InChI is InChI=1S/C22H48NO.ClH/c1-5-7-9-11-13-15-17-19-21-23(3,4)24-22-20-18-16-14-12-10-8-6-2;/h5-22H2,1-4H3;1H/q+1;/p-1. The van der Waals surface area contributed by atoms with Gasteiger partial charge in [0.1, 0.15) is 13.2 Å². The third-order valence-electron chi connectivity index (χ3n) is 4.99. The van der Waals surface area contributed by atoms with Gasteiger partial charge in [-0.05, 0) is 19.3 Å². The number of hydrogen-bond donors (Lipinski definition) is 0. The van der Waals surface area contributed by atoms with E-state index in [2.05, 4.69) is 27.9 Å². The van der Waals surface area contributed by atoms with E-state index in [1.165, 1.54) is 103 Å². The summed E-state index contributed by atoms with van der Waals surface area (Å²) in [6.07, 6.45) is 22.1. The average Bonchev–Trinajstić information content (AvgIpc) is 2.55. The summed E-state index contributed by atoms with van der Waals surface area (Å²) in [6, 6.07) is 0. The molecule has 0 unspecified atom stereocenters. The summed E-state index contributed by atoms with van der Waals surface area (Å²) in [5.74, 6) is 0. The summed E-state index contributed by atoms with van der Waals surface area (Å²) in [5, 5.41) is 0. The van der Waals surface area contributed by atoms with Crippen LogP contribution in [0.3, 0.4) is 0 Å². The highest BCUT2D eigenvalue weighted by atomic mass is 35.5. The molecule has 0 N–H and O–H groups in total. The molecule has 0 saturated heterocycles. The normalized spacial score (nSPS) is 11.5. The van der Waals surface area contributed by atoms with Crippen LogP contribution in [0.1, 0.15) is 117 Å². The molecule has 0 aromatic heterocycles. The van der Waals surface area contributed by atoms with Crippen molar-refractivity contribution in [2.75, 3.05) is 27.2 Å². The van der Waals surface area contributed by atoms with E-state index in [0.29, 0.717) is 0 Å². The summed E-state index contributed by atoms with van der Waals surface area (Å²) >= 11 is 0. The van der Waals surface area contributed by atoms with E-state index < -0.39 is 0 Å². The number of rotatable bonds is 19. The molecule has 0 bridgehead atoms. The van der Waals surface area contributed by atoms with E-state index in [9.17, 15) is 0 Å². The second-order valence-electron chi connectivity index (χ2n) is 8.08. The molecule has 0 rings (SSSR count). The van der Waals surface area contributed by atoms with Crippen molar-refractivity contribution >= 4 is 0 Å². The third-order valence-corrected chi connectivity index (χ3v) is 4.99. The SMILES string of the molecule is CCCCCCCCCCO[N+](C)(C)CCCCCCCCCC.[Cl-]. The molecule has 0 aliphatic carbocycles. The van der Waals surface area contributed by atoms with E-state index in [0.717, 1.165) is 17.8 Å². The van der Waals surface area contributed by atoms with Gasteiger partial charge in [0, 0.05) is 0 Å². The minimum absolute atomic E-state index is 0. The highest BCUT2D eigenvalue weighted by Gasteiger charge is 2.15. The Kier molecular flexibility index (Phi) is 22.5. The molecule has 154 valence electrons. The topological polar surface area (TPSA) is 9.23 Å². The molecule has 0 aliphatic heterocycles. The molecule has 0 atom stereocenters. The van der Waals surface area contributed by atoms with Crippen LogP contribution in [0, 0.1) is 0 Å². The highest BCUT2D eigenvalue weighted by Crippen LogP contribution is 2.12. The first-order valence-electron chi connectivity index (χ1n) is 11.1. The molecule has 0 aromatic rings. The molecule has 0 aromatic carbocycles. The Morgan fingerprint density at radius 3 is 1.32 bits per heavy atom. The van der Waals surface area contributed by atoms with Gasteiger partial charge in [0.05, 0.1) is 14.1 Å². The van der Waals surface area contributed by atoms with E-state index >= 15 is 0 Å². The molecule has 3 heteroatoms. The Morgan fingerprint density at radius 1 is 0.520 bits per heavy atom.